The van der Waals surface area contributed by atoms with E-state index in [1.807, 2.05) is 0 Å². The lowest BCUT2D eigenvalue weighted by Crippen LogP contribution is -2.64. The number of carbonyl (C=O) groups is 1. The predicted octanol–water partition coefficient (Wildman–Crippen LogP) is 0.740. The molecule has 0 aromatic heterocycles. The molecule has 5 aliphatic heterocycles. The first-order chi connectivity index (χ1) is 19.2. The molecule has 11 heteroatoms. The number of nitrogens with zero attached hydrogens (tertiary/aromatic N) is 1. The molecule has 5 aliphatic rings. The second-order valence-corrected chi connectivity index (χ2v) is 13.6. The molecule has 4 saturated heterocycles. The zero-order chi connectivity index (χ0) is 28.6. The number of fused-ring (bicyclic) bond motifs is 3. The third-order valence-corrected chi connectivity index (χ3v) is 9.49. The topological polar surface area (TPSA) is 133 Å². The van der Waals surface area contributed by atoms with E-state index < -0.39 is 41.9 Å². The summed E-state index contributed by atoms with van der Waals surface area (Å²) in [5.74, 6) is 1.92. The van der Waals surface area contributed by atoms with Crippen molar-refractivity contribution in [3.63, 3.8) is 0 Å². The van der Waals surface area contributed by atoms with Crippen molar-refractivity contribution < 1.29 is 34.3 Å². The van der Waals surface area contributed by atoms with Crippen LogP contribution in [0.5, 0.6) is 0 Å². The smallest absolute Gasteiger partial charge is 0.240 e. The van der Waals surface area contributed by atoms with Crippen molar-refractivity contribution in [1.82, 2.24) is 15.5 Å². The van der Waals surface area contributed by atoms with Gasteiger partial charge >= 0.3 is 0 Å². The average Bonchev–Trinajstić information content (AvgIpc) is 3.19. The lowest BCUT2D eigenvalue weighted by molar-refractivity contribution is -0.205. The Hall–Kier alpha value is -0.760. The number of amides is 1. The summed E-state index contributed by atoms with van der Waals surface area (Å²) < 4.78 is 17.7. The molecule has 40 heavy (non-hydrogen) atoms. The van der Waals surface area contributed by atoms with E-state index in [2.05, 4.69) is 48.5 Å². The molecule has 5 heterocycles. The van der Waals surface area contributed by atoms with Gasteiger partial charge < -0.3 is 40.2 Å². The van der Waals surface area contributed by atoms with Gasteiger partial charge in [-0.25, -0.2) is 0 Å². The number of aliphatic hydroxyl groups is 3. The average molecular weight is 586 g/mol. The van der Waals surface area contributed by atoms with E-state index in [1.54, 1.807) is 0 Å². The van der Waals surface area contributed by atoms with Crippen LogP contribution >= 0.6 is 11.8 Å². The summed E-state index contributed by atoms with van der Waals surface area (Å²) in [4.78, 5) is 15.8. The lowest BCUT2D eigenvalue weighted by Gasteiger charge is -2.44. The monoisotopic (exact) mass is 585 g/mol. The van der Waals surface area contributed by atoms with Crippen molar-refractivity contribution in [2.75, 3.05) is 51.8 Å². The first-order valence-corrected chi connectivity index (χ1v) is 16.2. The van der Waals surface area contributed by atoms with Gasteiger partial charge in [-0.15, -0.1) is 11.8 Å². The van der Waals surface area contributed by atoms with Crippen LogP contribution in [0.1, 0.15) is 46.5 Å². The van der Waals surface area contributed by atoms with Gasteiger partial charge in [0.05, 0.1) is 25.4 Å². The van der Waals surface area contributed by atoms with Crippen LogP contribution in [0.3, 0.4) is 0 Å². The number of hydrogen-bond acceptors (Lipinski definition) is 10. The fourth-order valence-corrected chi connectivity index (χ4v) is 7.28. The molecule has 230 valence electrons. The third kappa shape index (κ3) is 8.64. The van der Waals surface area contributed by atoms with Crippen molar-refractivity contribution >= 4 is 17.7 Å². The number of rotatable bonds is 4. The SMILES string of the molecule is CC(C)C.O=C(N[C@@H]1C/C=C\C(CN2CCOCC2)CSC2OC1C(O)C(O)C2O)C1NCC2CCCCOC21. The molecule has 0 spiro atoms. The minimum Gasteiger partial charge on any atom is -0.388 e. The molecule has 0 aromatic rings. The maximum Gasteiger partial charge on any atom is 0.240 e. The van der Waals surface area contributed by atoms with Crippen LogP contribution in [0, 0.1) is 17.8 Å². The molecule has 10 nitrogen and oxygen atoms in total. The van der Waals surface area contributed by atoms with Crippen LogP contribution in [0.15, 0.2) is 12.2 Å². The second kappa shape index (κ2) is 15.6. The number of thioether (sulfide) groups is 1. The maximum atomic E-state index is 13.4. The van der Waals surface area contributed by atoms with Crippen molar-refractivity contribution in [2.45, 2.75) is 94.5 Å². The lowest BCUT2D eigenvalue weighted by atomic mass is 9.91. The molecule has 10 atom stereocenters. The van der Waals surface area contributed by atoms with Gasteiger partial charge in [0.15, 0.2) is 0 Å². The number of ether oxygens (including phenoxy) is 3. The molecule has 0 radical (unpaired) electrons. The fourth-order valence-electron chi connectivity index (χ4n) is 6.06. The molecular weight excluding hydrogens is 534 g/mol. The molecular formula is C29H51N3O7S. The van der Waals surface area contributed by atoms with Crippen molar-refractivity contribution in [3.05, 3.63) is 12.2 Å². The number of hydrogen-bond donors (Lipinski definition) is 5. The Morgan fingerprint density at radius 2 is 1.82 bits per heavy atom. The molecule has 9 unspecified atom stereocenters. The Kier molecular flexibility index (Phi) is 12.6. The molecule has 5 rings (SSSR count). The Morgan fingerprint density at radius 1 is 1.07 bits per heavy atom. The highest BCUT2D eigenvalue weighted by atomic mass is 32.2. The number of morpholine rings is 1. The minimum absolute atomic E-state index is 0.159. The van der Waals surface area contributed by atoms with Crippen molar-refractivity contribution in [3.8, 4) is 0 Å². The first-order valence-electron chi connectivity index (χ1n) is 15.2. The van der Waals surface area contributed by atoms with Gasteiger partial charge in [0, 0.05) is 38.5 Å². The summed E-state index contributed by atoms with van der Waals surface area (Å²) in [5, 5.41) is 38.5. The normalized spacial score (nSPS) is 41.7. The van der Waals surface area contributed by atoms with Crippen LogP contribution in [0.4, 0.5) is 0 Å². The Balaban J connectivity index is 0.000000867. The Bertz CT molecular complexity index is 812. The molecule has 2 bridgehead atoms. The Labute approximate surface area is 243 Å². The Morgan fingerprint density at radius 3 is 2.58 bits per heavy atom. The summed E-state index contributed by atoms with van der Waals surface area (Å²) in [7, 11) is 0. The fraction of sp³-hybridized carbons (Fsp3) is 0.897. The van der Waals surface area contributed by atoms with Gasteiger partial charge in [-0.1, -0.05) is 39.3 Å². The minimum atomic E-state index is -1.35. The zero-order valence-electron chi connectivity index (χ0n) is 24.3. The highest BCUT2D eigenvalue weighted by Gasteiger charge is 2.48. The third-order valence-electron chi connectivity index (χ3n) is 8.16. The van der Waals surface area contributed by atoms with E-state index in [0.29, 0.717) is 24.7 Å². The van der Waals surface area contributed by atoms with Crippen LogP contribution in [-0.4, -0.2) is 126 Å². The summed E-state index contributed by atoms with van der Waals surface area (Å²) in [6.45, 7) is 12.0. The molecule has 0 saturated carbocycles. The van der Waals surface area contributed by atoms with E-state index in [9.17, 15) is 20.1 Å². The number of nitrogens with one attached hydrogen (secondary N) is 2. The van der Waals surface area contributed by atoms with Crippen LogP contribution in [0.25, 0.3) is 0 Å². The van der Waals surface area contributed by atoms with Gasteiger partial charge in [0.25, 0.3) is 0 Å². The van der Waals surface area contributed by atoms with Crippen molar-refractivity contribution in [1.29, 1.82) is 0 Å². The zero-order valence-corrected chi connectivity index (χ0v) is 25.1. The number of carbonyl (C=O) groups excluding carboxylic acids is 1. The summed E-state index contributed by atoms with van der Waals surface area (Å²) in [5.41, 5.74) is -0.689. The maximum absolute atomic E-state index is 13.4. The summed E-state index contributed by atoms with van der Waals surface area (Å²) in [6.07, 6.45) is 3.00. The largest absolute Gasteiger partial charge is 0.388 e. The molecule has 4 fully saturated rings. The summed E-state index contributed by atoms with van der Waals surface area (Å²) in [6, 6.07) is -1.01. The van der Waals surface area contributed by atoms with Gasteiger partial charge in [0.1, 0.15) is 35.9 Å². The molecule has 0 aromatic carbocycles. The highest BCUT2D eigenvalue weighted by Crippen LogP contribution is 2.33. The quantitative estimate of drug-likeness (QED) is 0.301. The molecule has 0 aliphatic carbocycles. The van der Waals surface area contributed by atoms with Gasteiger partial charge in [-0.3, -0.25) is 9.69 Å². The highest BCUT2D eigenvalue weighted by molar-refractivity contribution is 7.99. The van der Waals surface area contributed by atoms with Gasteiger partial charge in [-0.2, -0.15) is 0 Å². The van der Waals surface area contributed by atoms with Crippen molar-refractivity contribution in [2.24, 2.45) is 17.8 Å². The molecule has 1 amide bonds. The molecule has 5 N–H and O–H groups in total. The van der Waals surface area contributed by atoms with Crippen LogP contribution in [0.2, 0.25) is 0 Å². The predicted molar refractivity (Wildman–Crippen MR) is 155 cm³/mol. The van der Waals surface area contributed by atoms with E-state index >= 15 is 0 Å². The second-order valence-electron chi connectivity index (χ2n) is 12.4. The van der Waals surface area contributed by atoms with Crippen LogP contribution < -0.4 is 10.6 Å². The van der Waals surface area contributed by atoms with E-state index in [4.69, 9.17) is 14.2 Å². The van der Waals surface area contributed by atoms with Crippen LogP contribution in [-0.2, 0) is 19.0 Å². The van der Waals surface area contributed by atoms with Gasteiger partial charge in [-0.05, 0) is 37.0 Å². The summed E-state index contributed by atoms with van der Waals surface area (Å²) >= 11 is 1.45. The standard InChI is InChI=1S/C25H41N3O7S.C4H10/c29-19-20(30)23-17(27-24(32)18-22-16(12-26-18)5-1-2-9-34-22)6-3-4-15(13-28-7-10-33-11-8-28)14-36-25(35-23)21(19)31;1-4(2)3/h3-4,15-23,25-26,29-31H,1-2,5-14H2,(H,27,32);4H,1-3H3/b4-3-;/t15?,16?,17-,18?,19?,20?,21?,22?,23?,25?;/m1./s1. The first kappa shape index (κ1) is 32.2. The number of aliphatic hydroxyl groups excluding tert-OH is 3. The van der Waals surface area contributed by atoms with Gasteiger partial charge in [0.2, 0.25) is 5.91 Å². The van der Waals surface area contributed by atoms with E-state index in [0.717, 1.165) is 64.6 Å². The van der Waals surface area contributed by atoms with E-state index in [-0.39, 0.29) is 17.9 Å². The van der Waals surface area contributed by atoms with E-state index in [1.165, 1.54) is 11.8 Å².